The number of carbonyl (C=O) groups excluding carboxylic acids is 1. The molecule has 0 aliphatic carbocycles. The lowest BCUT2D eigenvalue weighted by Gasteiger charge is -2.07. The highest BCUT2D eigenvalue weighted by Crippen LogP contribution is 2.19. The lowest BCUT2D eigenvalue weighted by molar-refractivity contribution is -0.385. The van der Waals surface area contributed by atoms with E-state index in [1.54, 1.807) is 36.4 Å². The summed E-state index contributed by atoms with van der Waals surface area (Å²) < 4.78 is 5.13. The standard InChI is InChI=1S/C17H13N3O5/c21-16(25-10-11-5-1-4-8-15(11)20(23)24)9-14-12-6-2-3-7-13(12)17(22)19-18-14/h1-8H,9-10H2,(H,19,22). The van der Waals surface area contributed by atoms with Crippen molar-refractivity contribution >= 4 is 22.4 Å². The number of fused-ring (bicyclic) bond motifs is 1. The van der Waals surface area contributed by atoms with Gasteiger partial charge in [0.25, 0.3) is 11.2 Å². The van der Waals surface area contributed by atoms with Crippen LogP contribution in [0.25, 0.3) is 10.8 Å². The molecule has 1 heterocycles. The maximum Gasteiger partial charge on any atom is 0.312 e. The Labute approximate surface area is 141 Å². The van der Waals surface area contributed by atoms with Crippen molar-refractivity contribution < 1.29 is 14.5 Å². The summed E-state index contributed by atoms with van der Waals surface area (Å²) >= 11 is 0. The van der Waals surface area contributed by atoms with Gasteiger partial charge in [-0.05, 0) is 12.1 Å². The fourth-order valence-corrected chi connectivity index (χ4v) is 2.46. The summed E-state index contributed by atoms with van der Waals surface area (Å²) in [7, 11) is 0. The smallest absolute Gasteiger partial charge is 0.312 e. The Hall–Kier alpha value is -3.55. The van der Waals surface area contributed by atoms with Crippen molar-refractivity contribution in [1.29, 1.82) is 0 Å². The minimum atomic E-state index is -0.595. The Morgan fingerprint density at radius 3 is 2.56 bits per heavy atom. The Morgan fingerprint density at radius 2 is 1.80 bits per heavy atom. The molecule has 0 fully saturated rings. The number of para-hydroxylation sites is 1. The van der Waals surface area contributed by atoms with Gasteiger partial charge in [-0.15, -0.1) is 0 Å². The molecule has 0 radical (unpaired) electrons. The number of H-pyrrole nitrogens is 1. The Bertz CT molecular complexity index is 1010. The van der Waals surface area contributed by atoms with Crippen LogP contribution in [0.1, 0.15) is 11.3 Å². The number of rotatable bonds is 5. The SMILES string of the molecule is O=C(Cc1n[nH]c(=O)c2ccccc12)OCc1ccccc1[N+](=O)[O-]. The van der Waals surface area contributed by atoms with E-state index in [9.17, 15) is 19.7 Å². The quantitative estimate of drug-likeness (QED) is 0.432. The second-order valence-corrected chi connectivity index (χ2v) is 5.27. The van der Waals surface area contributed by atoms with Crippen molar-refractivity contribution in [1.82, 2.24) is 10.2 Å². The van der Waals surface area contributed by atoms with Crippen LogP contribution in [0.5, 0.6) is 0 Å². The van der Waals surface area contributed by atoms with E-state index in [4.69, 9.17) is 4.74 Å². The first-order valence-electron chi connectivity index (χ1n) is 7.40. The summed E-state index contributed by atoms with van der Waals surface area (Å²) in [5, 5.41) is 18.2. The molecule has 0 bridgehead atoms. The zero-order valence-electron chi connectivity index (χ0n) is 13.0. The van der Waals surface area contributed by atoms with E-state index in [2.05, 4.69) is 10.2 Å². The lowest BCUT2D eigenvalue weighted by atomic mass is 10.1. The number of ether oxygens (including phenoxy) is 1. The third kappa shape index (κ3) is 3.52. The third-order valence-electron chi connectivity index (χ3n) is 3.66. The van der Waals surface area contributed by atoms with E-state index >= 15 is 0 Å². The van der Waals surface area contributed by atoms with Crippen LogP contribution in [-0.4, -0.2) is 21.1 Å². The fraction of sp³-hybridized carbons (Fsp3) is 0.118. The lowest BCUT2D eigenvalue weighted by Crippen LogP contribution is -2.15. The van der Waals surface area contributed by atoms with Crippen molar-refractivity contribution in [3.63, 3.8) is 0 Å². The van der Waals surface area contributed by atoms with E-state index in [1.807, 2.05) is 0 Å². The molecule has 0 aliphatic heterocycles. The van der Waals surface area contributed by atoms with Gasteiger partial charge in [0.1, 0.15) is 6.61 Å². The third-order valence-corrected chi connectivity index (χ3v) is 3.66. The molecule has 1 aromatic heterocycles. The molecule has 1 N–H and O–H groups in total. The van der Waals surface area contributed by atoms with E-state index in [1.165, 1.54) is 12.1 Å². The van der Waals surface area contributed by atoms with Gasteiger partial charge < -0.3 is 4.74 Å². The van der Waals surface area contributed by atoms with Crippen LogP contribution in [0.3, 0.4) is 0 Å². The van der Waals surface area contributed by atoms with Crippen molar-refractivity contribution in [2.24, 2.45) is 0 Å². The van der Waals surface area contributed by atoms with Crippen molar-refractivity contribution in [2.75, 3.05) is 0 Å². The summed E-state index contributed by atoms with van der Waals surface area (Å²) in [5.74, 6) is -0.595. The van der Waals surface area contributed by atoms with Crippen molar-refractivity contribution in [3.05, 3.63) is 80.3 Å². The highest BCUT2D eigenvalue weighted by atomic mass is 16.6. The summed E-state index contributed by atoms with van der Waals surface area (Å²) in [5.41, 5.74) is 0.235. The molecule has 2 aromatic carbocycles. The molecular weight excluding hydrogens is 326 g/mol. The topological polar surface area (TPSA) is 115 Å². The summed E-state index contributed by atoms with van der Waals surface area (Å²) in [4.78, 5) is 34.2. The van der Waals surface area contributed by atoms with Crippen molar-refractivity contribution in [2.45, 2.75) is 13.0 Å². The number of benzene rings is 2. The van der Waals surface area contributed by atoms with Gasteiger partial charge in [-0.3, -0.25) is 19.7 Å². The predicted octanol–water partition coefficient (Wildman–Crippen LogP) is 2.12. The number of nitrogens with one attached hydrogen (secondary N) is 1. The van der Waals surface area contributed by atoms with Crippen LogP contribution < -0.4 is 5.56 Å². The van der Waals surface area contributed by atoms with Crippen LogP contribution >= 0.6 is 0 Å². The Morgan fingerprint density at radius 1 is 1.12 bits per heavy atom. The first kappa shape index (κ1) is 16.3. The van der Waals surface area contributed by atoms with Crippen LogP contribution in [0, 0.1) is 10.1 Å². The summed E-state index contributed by atoms with van der Waals surface area (Å²) in [6, 6.07) is 12.8. The molecule has 0 atom stereocenters. The number of nitro benzene ring substituents is 1. The maximum atomic E-state index is 12.1. The van der Waals surface area contributed by atoms with E-state index < -0.39 is 10.9 Å². The molecule has 0 unspecified atom stereocenters. The number of nitrogens with zero attached hydrogens (tertiary/aromatic N) is 2. The zero-order valence-corrected chi connectivity index (χ0v) is 13.0. The fourth-order valence-electron chi connectivity index (χ4n) is 2.46. The Balaban J connectivity index is 1.75. The van der Waals surface area contributed by atoms with Gasteiger partial charge in [0.15, 0.2) is 0 Å². The normalized spacial score (nSPS) is 10.6. The minimum absolute atomic E-state index is 0.108. The van der Waals surface area contributed by atoms with Gasteiger partial charge in [0.05, 0.1) is 28.0 Å². The molecule has 0 amide bonds. The molecule has 0 aliphatic rings. The largest absolute Gasteiger partial charge is 0.460 e. The van der Waals surface area contributed by atoms with Crippen LogP contribution in [-0.2, 0) is 22.6 Å². The summed E-state index contributed by atoms with van der Waals surface area (Å²) in [6.07, 6.45) is -0.155. The molecule has 3 aromatic rings. The molecular formula is C17H13N3O5. The van der Waals surface area contributed by atoms with Crippen LogP contribution in [0.2, 0.25) is 0 Å². The molecule has 126 valence electrons. The van der Waals surface area contributed by atoms with E-state index in [0.29, 0.717) is 22.0 Å². The molecule has 8 nitrogen and oxygen atoms in total. The van der Waals surface area contributed by atoms with Gasteiger partial charge in [-0.25, -0.2) is 5.10 Å². The van der Waals surface area contributed by atoms with Crippen LogP contribution in [0.4, 0.5) is 5.69 Å². The average molecular weight is 339 g/mol. The van der Waals surface area contributed by atoms with Gasteiger partial charge in [0.2, 0.25) is 0 Å². The van der Waals surface area contributed by atoms with E-state index in [0.717, 1.165) is 0 Å². The van der Waals surface area contributed by atoms with E-state index in [-0.39, 0.29) is 24.3 Å². The minimum Gasteiger partial charge on any atom is -0.460 e. The molecule has 0 spiro atoms. The van der Waals surface area contributed by atoms with Crippen LogP contribution in [0.15, 0.2) is 53.3 Å². The highest BCUT2D eigenvalue weighted by Gasteiger charge is 2.16. The number of aromatic amines is 1. The maximum absolute atomic E-state index is 12.1. The van der Waals surface area contributed by atoms with Gasteiger partial charge in [0, 0.05) is 11.5 Å². The number of aromatic nitrogens is 2. The monoisotopic (exact) mass is 339 g/mol. The van der Waals surface area contributed by atoms with Gasteiger partial charge >= 0.3 is 5.97 Å². The number of carbonyl (C=O) groups is 1. The second kappa shape index (κ2) is 6.91. The second-order valence-electron chi connectivity index (χ2n) is 5.27. The van der Waals surface area contributed by atoms with Gasteiger partial charge in [-0.2, -0.15) is 5.10 Å². The summed E-state index contributed by atoms with van der Waals surface area (Å²) in [6.45, 7) is -0.211. The molecule has 0 saturated heterocycles. The average Bonchev–Trinajstić information content (AvgIpc) is 2.63. The molecule has 25 heavy (non-hydrogen) atoms. The van der Waals surface area contributed by atoms with Crippen molar-refractivity contribution in [3.8, 4) is 0 Å². The molecule has 8 heteroatoms. The highest BCUT2D eigenvalue weighted by molar-refractivity contribution is 5.86. The van der Waals surface area contributed by atoms with Gasteiger partial charge in [-0.1, -0.05) is 30.3 Å². The molecule has 0 saturated carbocycles. The first-order valence-corrected chi connectivity index (χ1v) is 7.40. The number of hydrogen-bond acceptors (Lipinski definition) is 6. The first-order chi connectivity index (χ1) is 12.1. The zero-order chi connectivity index (χ0) is 17.8. The predicted molar refractivity (Wildman–Crippen MR) is 89.0 cm³/mol. The Kier molecular flexibility index (Phi) is 4.51. The molecule has 3 rings (SSSR count). The number of esters is 1. The number of nitro groups is 1. The number of hydrogen-bond donors (Lipinski definition) is 1.